The van der Waals surface area contributed by atoms with E-state index in [1.165, 1.54) is 27.6 Å². The minimum atomic E-state index is -0.700. The minimum absolute atomic E-state index is 0.700. The highest BCUT2D eigenvalue weighted by atomic mass is 27.2. The molecule has 3 nitrogen and oxygen atoms in total. The molecule has 1 radical (unpaired) electrons. The number of rotatable bonds is 5. The van der Waals surface area contributed by atoms with Crippen molar-refractivity contribution in [3.63, 3.8) is 0 Å². The van der Waals surface area contributed by atoms with Crippen molar-refractivity contribution in [1.82, 2.24) is 4.98 Å². The van der Waals surface area contributed by atoms with Gasteiger partial charge in [0.15, 0.2) is 0 Å². The Morgan fingerprint density at radius 3 is 2.22 bits per heavy atom. The van der Waals surface area contributed by atoms with E-state index in [1.54, 1.807) is 0 Å². The summed E-state index contributed by atoms with van der Waals surface area (Å²) in [6.45, 7) is 6.27. The fourth-order valence-corrected chi connectivity index (χ4v) is 4.66. The van der Waals surface area contributed by atoms with Crippen molar-refractivity contribution in [3.05, 3.63) is 102 Å². The van der Waals surface area contributed by atoms with Gasteiger partial charge >= 0.3 is 15.9 Å². The Hall–Kier alpha value is -3.32. The number of pyridine rings is 1. The molecule has 155 valence electrons. The number of aromatic nitrogens is 1. The number of fused-ring (bicyclic) bond motifs is 2. The van der Waals surface area contributed by atoms with Gasteiger partial charge in [-0.15, -0.1) is 0 Å². The van der Waals surface area contributed by atoms with Crippen LogP contribution < -0.4 is 7.58 Å². The summed E-state index contributed by atoms with van der Waals surface area (Å²) < 4.78 is 12.0. The van der Waals surface area contributed by atoms with Crippen molar-refractivity contribution in [2.24, 2.45) is 0 Å². The molecule has 0 spiro atoms. The van der Waals surface area contributed by atoms with E-state index in [9.17, 15) is 0 Å². The van der Waals surface area contributed by atoms with E-state index in [0.29, 0.717) is 0 Å². The van der Waals surface area contributed by atoms with Crippen LogP contribution in [0.1, 0.15) is 16.8 Å². The third-order valence-corrected chi connectivity index (χ3v) is 6.27. The molecule has 0 N–H and O–H groups in total. The standard InChI is InChI=1S/C18H16O.C10H9NO.Al/c1-12-7-13(2)9-17(8-12)15-3-4-16-11-18(19)6-5-14(16)10-15;1-7-5-6-8-3-2-4-9(12)10(8)11-7;/h3-11,19H,1-2H3;2-6,12H,1H3;/q;;+2/p-2. The fraction of sp³-hybridized carbons (Fsp3) is 0.107. The Labute approximate surface area is 195 Å². The SMILES string of the molecule is Cc1cc(C)cc(-c2ccc3cc([O][Al][O]c4cccc5ccc(C)nc45)ccc3c2)c1. The molecule has 0 aliphatic rings. The lowest BCUT2D eigenvalue weighted by Crippen LogP contribution is -2.11. The molecule has 0 aliphatic heterocycles. The summed E-state index contributed by atoms with van der Waals surface area (Å²) >= 11 is -0.700. The third kappa shape index (κ3) is 4.34. The van der Waals surface area contributed by atoms with Crippen molar-refractivity contribution < 1.29 is 7.58 Å². The summed E-state index contributed by atoms with van der Waals surface area (Å²) in [5.41, 5.74) is 6.89. The van der Waals surface area contributed by atoms with Gasteiger partial charge in [-0.3, -0.25) is 0 Å². The maximum absolute atomic E-state index is 5.99. The van der Waals surface area contributed by atoms with Crippen LogP contribution in [0.25, 0.3) is 32.8 Å². The monoisotopic (exact) mass is 432 g/mol. The summed E-state index contributed by atoms with van der Waals surface area (Å²) in [5.74, 6) is 1.58. The van der Waals surface area contributed by atoms with Gasteiger partial charge in [0.25, 0.3) is 0 Å². The van der Waals surface area contributed by atoms with Crippen molar-refractivity contribution in [2.75, 3.05) is 0 Å². The lowest BCUT2D eigenvalue weighted by molar-refractivity contribution is 0.461. The van der Waals surface area contributed by atoms with E-state index in [-0.39, 0.29) is 0 Å². The molecule has 0 aliphatic carbocycles. The molecule has 32 heavy (non-hydrogen) atoms. The first kappa shape index (κ1) is 20.6. The largest absolute Gasteiger partial charge is 0.881 e. The highest BCUT2D eigenvalue weighted by molar-refractivity contribution is 6.21. The number of hydrogen-bond acceptors (Lipinski definition) is 3. The first-order chi connectivity index (χ1) is 15.5. The molecule has 0 bridgehead atoms. The summed E-state index contributed by atoms with van der Waals surface area (Å²) in [6.07, 6.45) is 0. The second kappa shape index (κ2) is 8.67. The van der Waals surface area contributed by atoms with Gasteiger partial charge in [0.1, 0.15) is 11.3 Å². The van der Waals surface area contributed by atoms with Crippen LogP contribution in [-0.2, 0) is 0 Å². The predicted octanol–water partition coefficient (Wildman–Crippen LogP) is 6.97. The molecular formula is C28H23AlNO2. The first-order valence-electron chi connectivity index (χ1n) is 10.7. The summed E-state index contributed by atoms with van der Waals surface area (Å²) in [6, 6.07) is 29.5. The van der Waals surface area contributed by atoms with Gasteiger partial charge in [-0.1, -0.05) is 65.7 Å². The number of aryl methyl sites for hydroxylation is 3. The molecule has 4 aromatic carbocycles. The molecule has 0 unspecified atom stereocenters. The molecule has 0 saturated carbocycles. The van der Waals surface area contributed by atoms with Crippen LogP contribution in [0, 0.1) is 20.8 Å². The third-order valence-electron chi connectivity index (χ3n) is 5.55. The van der Waals surface area contributed by atoms with Crippen LogP contribution in [0.2, 0.25) is 0 Å². The molecule has 0 saturated heterocycles. The van der Waals surface area contributed by atoms with Crippen molar-refractivity contribution in [1.29, 1.82) is 0 Å². The molecule has 0 fully saturated rings. The van der Waals surface area contributed by atoms with Crippen molar-refractivity contribution in [3.8, 4) is 22.6 Å². The fourth-order valence-electron chi connectivity index (χ4n) is 4.06. The summed E-state index contributed by atoms with van der Waals surface area (Å²) in [7, 11) is 0. The predicted molar refractivity (Wildman–Crippen MR) is 132 cm³/mol. The van der Waals surface area contributed by atoms with Gasteiger partial charge in [0, 0.05) is 11.1 Å². The number of nitrogens with zero attached hydrogens (tertiary/aromatic N) is 1. The maximum atomic E-state index is 5.99. The van der Waals surface area contributed by atoms with E-state index in [4.69, 9.17) is 7.58 Å². The topological polar surface area (TPSA) is 31.4 Å². The lowest BCUT2D eigenvalue weighted by atomic mass is 9.98. The second-order valence-corrected chi connectivity index (χ2v) is 8.88. The summed E-state index contributed by atoms with van der Waals surface area (Å²) in [5, 5.41) is 3.41. The molecular weight excluding hydrogens is 409 g/mol. The van der Waals surface area contributed by atoms with E-state index in [2.05, 4.69) is 73.4 Å². The van der Waals surface area contributed by atoms with Crippen LogP contribution in [0.3, 0.4) is 0 Å². The second-order valence-electron chi connectivity index (χ2n) is 8.21. The Morgan fingerprint density at radius 1 is 0.625 bits per heavy atom. The normalized spacial score (nSPS) is 11.0. The number of para-hydroxylation sites is 1. The van der Waals surface area contributed by atoms with Crippen molar-refractivity contribution >= 4 is 37.6 Å². The Bertz CT molecular complexity index is 1420. The van der Waals surface area contributed by atoms with E-state index >= 15 is 0 Å². The average molecular weight is 432 g/mol. The molecule has 0 atom stereocenters. The zero-order valence-electron chi connectivity index (χ0n) is 18.4. The first-order valence-corrected chi connectivity index (χ1v) is 11.6. The van der Waals surface area contributed by atoms with Gasteiger partial charge < -0.3 is 7.58 Å². The molecule has 4 heteroatoms. The number of hydrogen-bond donors (Lipinski definition) is 0. The summed E-state index contributed by atoms with van der Waals surface area (Å²) in [4.78, 5) is 4.62. The smallest absolute Gasteiger partial charge is 0.616 e. The van der Waals surface area contributed by atoms with Crippen LogP contribution in [0.15, 0.2) is 84.9 Å². The molecule has 5 aromatic rings. The van der Waals surface area contributed by atoms with E-state index in [0.717, 1.165) is 33.5 Å². The average Bonchev–Trinajstić information content (AvgIpc) is 2.78. The Kier molecular flexibility index (Phi) is 5.57. The minimum Gasteiger partial charge on any atom is -0.616 e. The van der Waals surface area contributed by atoms with Gasteiger partial charge in [-0.2, -0.15) is 0 Å². The van der Waals surface area contributed by atoms with Gasteiger partial charge in [0.05, 0.1) is 5.75 Å². The molecule has 5 rings (SSSR count). The van der Waals surface area contributed by atoms with Gasteiger partial charge in [-0.25, -0.2) is 4.98 Å². The van der Waals surface area contributed by atoms with Crippen LogP contribution in [-0.4, -0.2) is 20.9 Å². The maximum Gasteiger partial charge on any atom is 0.881 e. The van der Waals surface area contributed by atoms with Gasteiger partial charge in [0.2, 0.25) is 0 Å². The highest BCUT2D eigenvalue weighted by Crippen LogP contribution is 2.29. The Morgan fingerprint density at radius 2 is 1.38 bits per heavy atom. The molecule has 1 aromatic heterocycles. The van der Waals surface area contributed by atoms with Crippen LogP contribution in [0.4, 0.5) is 0 Å². The van der Waals surface area contributed by atoms with Crippen LogP contribution in [0.5, 0.6) is 11.5 Å². The lowest BCUT2D eigenvalue weighted by Gasteiger charge is -2.12. The zero-order valence-corrected chi connectivity index (χ0v) is 19.6. The molecule has 0 amide bonds. The van der Waals surface area contributed by atoms with Crippen LogP contribution >= 0.6 is 0 Å². The van der Waals surface area contributed by atoms with Crippen molar-refractivity contribution in [2.45, 2.75) is 20.8 Å². The quantitative estimate of drug-likeness (QED) is 0.281. The van der Waals surface area contributed by atoms with Gasteiger partial charge in [-0.05, 0) is 73.0 Å². The number of benzene rings is 4. The Balaban J connectivity index is 1.33. The van der Waals surface area contributed by atoms with E-state index in [1.807, 2.05) is 37.3 Å². The van der Waals surface area contributed by atoms with E-state index < -0.39 is 15.9 Å². The zero-order chi connectivity index (χ0) is 22.1. The molecule has 1 heterocycles. The highest BCUT2D eigenvalue weighted by Gasteiger charge is 2.10.